The number of hydrogen-bond donors (Lipinski definition) is 0. The van der Waals surface area contributed by atoms with Crippen molar-refractivity contribution in [3.63, 3.8) is 0 Å². The molecule has 0 radical (unpaired) electrons. The lowest BCUT2D eigenvalue weighted by Gasteiger charge is -2.20. The van der Waals surface area contributed by atoms with Crippen LogP contribution in [0.4, 0.5) is 0 Å². The molecule has 2 rings (SSSR count). The number of alkyl halides is 1. The summed E-state index contributed by atoms with van der Waals surface area (Å²) in [5.41, 5.74) is 1.26. The Morgan fingerprint density at radius 3 is 2.88 bits per heavy atom. The van der Waals surface area contributed by atoms with Gasteiger partial charge in [0.2, 0.25) is 0 Å². The molecule has 1 fully saturated rings. The molecule has 0 heterocycles. The molecule has 1 aliphatic carbocycles. The van der Waals surface area contributed by atoms with Gasteiger partial charge in [-0.3, -0.25) is 0 Å². The van der Waals surface area contributed by atoms with Gasteiger partial charge >= 0.3 is 0 Å². The Labute approximate surface area is 126 Å². The van der Waals surface area contributed by atoms with E-state index in [1.807, 2.05) is 0 Å². The van der Waals surface area contributed by atoms with E-state index in [1.165, 1.54) is 37.7 Å². The molecule has 0 N–H and O–H groups in total. The van der Waals surface area contributed by atoms with Crippen LogP contribution in [0.25, 0.3) is 0 Å². The molecule has 1 aromatic rings. The van der Waals surface area contributed by atoms with Crippen LogP contribution < -0.4 is 0 Å². The lowest BCUT2D eigenvalue weighted by atomic mass is 10.1. The molecule has 1 nitrogen and oxygen atoms in total. The Hall–Kier alpha value is 0.390. The second-order valence-corrected chi connectivity index (χ2v) is 7.15. The second-order valence-electron chi connectivity index (χ2n) is 4.63. The van der Waals surface area contributed by atoms with Gasteiger partial charge in [0.15, 0.2) is 0 Å². The molecule has 94 valence electrons. The minimum Gasteiger partial charge on any atom is -0.372 e. The van der Waals surface area contributed by atoms with Crippen molar-refractivity contribution in [1.29, 1.82) is 0 Å². The third-order valence-electron chi connectivity index (χ3n) is 3.23. The van der Waals surface area contributed by atoms with Gasteiger partial charge in [-0.05, 0) is 30.5 Å². The monoisotopic (exact) mass is 408 g/mol. The van der Waals surface area contributed by atoms with E-state index in [-0.39, 0.29) is 0 Å². The van der Waals surface area contributed by atoms with Crippen molar-refractivity contribution in [3.8, 4) is 0 Å². The molecule has 1 saturated carbocycles. The summed E-state index contributed by atoms with van der Waals surface area (Å²) in [5, 5.41) is 0. The lowest BCUT2D eigenvalue weighted by molar-refractivity contribution is 0.0377. The molecule has 17 heavy (non-hydrogen) atoms. The Morgan fingerprint density at radius 1 is 1.24 bits per heavy atom. The number of rotatable bonds is 3. The van der Waals surface area contributed by atoms with Crippen molar-refractivity contribution >= 4 is 38.5 Å². The minimum absolute atomic E-state index is 0.442. The molecule has 0 amide bonds. The quantitative estimate of drug-likeness (QED) is 0.384. The smallest absolute Gasteiger partial charge is 0.0721 e. The summed E-state index contributed by atoms with van der Waals surface area (Å²) in [5.74, 6) is 0. The summed E-state index contributed by atoms with van der Waals surface area (Å²) >= 11 is 6.05. The van der Waals surface area contributed by atoms with Crippen LogP contribution in [0.15, 0.2) is 28.7 Å². The lowest BCUT2D eigenvalue weighted by Crippen LogP contribution is -2.22. The van der Waals surface area contributed by atoms with Gasteiger partial charge in [-0.25, -0.2) is 0 Å². The van der Waals surface area contributed by atoms with Gasteiger partial charge in [-0.2, -0.15) is 0 Å². The Balaban J connectivity index is 1.88. The fourth-order valence-electron chi connectivity index (χ4n) is 2.25. The van der Waals surface area contributed by atoms with Gasteiger partial charge in [0.25, 0.3) is 0 Å². The zero-order chi connectivity index (χ0) is 12.1. The van der Waals surface area contributed by atoms with Crippen molar-refractivity contribution in [1.82, 2.24) is 0 Å². The summed E-state index contributed by atoms with van der Waals surface area (Å²) in [4.78, 5) is 0. The van der Waals surface area contributed by atoms with Crippen molar-refractivity contribution in [2.75, 3.05) is 0 Å². The van der Waals surface area contributed by atoms with E-state index in [9.17, 15) is 0 Å². The highest BCUT2D eigenvalue weighted by Crippen LogP contribution is 2.27. The van der Waals surface area contributed by atoms with Crippen LogP contribution in [0, 0.1) is 0 Å². The maximum absolute atomic E-state index is 6.09. The normalized spacial score (nSPS) is 25.5. The molecule has 0 spiro atoms. The van der Waals surface area contributed by atoms with E-state index in [0.717, 1.165) is 11.1 Å². The van der Waals surface area contributed by atoms with Crippen molar-refractivity contribution in [2.45, 2.75) is 48.7 Å². The average molecular weight is 409 g/mol. The number of ether oxygens (including phenoxy) is 1. The molecular weight excluding hydrogens is 391 g/mol. The summed E-state index contributed by atoms with van der Waals surface area (Å²) in [6.07, 6.45) is 7.03. The highest BCUT2D eigenvalue weighted by molar-refractivity contribution is 14.1. The number of halogens is 2. The Morgan fingerprint density at radius 2 is 2.06 bits per heavy atom. The van der Waals surface area contributed by atoms with Crippen molar-refractivity contribution in [3.05, 3.63) is 34.3 Å². The largest absolute Gasteiger partial charge is 0.372 e. The minimum atomic E-state index is 0.442. The van der Waals surface area contributed by atoms with Crippen LogP contribution in [0.1, 0.15) is 37.7 Å². The van der Waals surface area contributed by atoms with Crippen LogP contribution in [-0.2, 0) is 11.3 Å². The molecule has 0 saturated heterocycles. The van der Waals surface area contributed by atoms with Crippen LogP contribution >= 0.6 is 38.5 Å². The highest BCUT2D eigenvalue weighted by Gasteiger charge is 2.21. The van der Waals surface area contributed by atoms with E-state index < -0.39 is 0 Å². The molecule has 2 unspecified atom stereocenters. The maximum Gasteiger partial charge on any atom is 0.0721 e. The fourth-order valence-corrected chi connectivity index (χ4v) is 3.70. The third kappa shape index (κ3) is 4.52. The van der Waals surface area contributed by atoms with E-state index in [0.29, 0.717) is 10.0 Å². The molecule has 2 atom stereocenters. The van der Waals surface area contributed by atoms with Crippen LogP contribution in [0.5, 0.6) is 0 Å². The standard InChI is InChI=1S/C14H18BrIO/c15-12-6-4-5-11(9-12)10-17-14-8-3-1-2-7-13(14)16/h4-6,9,13-14H,1-3,7-8,10H2. The van der Waals surface area contributed by atoms with Crippen LogP contribution in [-0.4, -0.2) is 10.0 Å². The molecule has 0 aromatic heterocycles. The van der Waals surface area contributed by atoms with E-state index in [1.54, 1.807) is 0 Å². The average Bonchev–Trinajstić information content (AvgIpc) is 2.52. The van der Waals surface area contributed by atoms with Gasteiger partial charge < -0.3 is 4.74 Å². The molecule has 1 aliphatic rings. The zero-order valence-corrected chi connectivity index (χ0v) is 13.6. The molecule has 0 aliphatic heterocycles. The first-order chi connectivity index (χ1) is 8.25. The topological polar surface area (TPSA) is 9.23 Å². The summed E-state index contributed by atoms with van der Waals surface area (Å²) < 4.78 is 7.90. The van der Waals surface area contributed by atoms with E-state index in [4.69, 9.17) is 4.74 Å². The first-order valence-electron chi connectivity index (χ1n) is 6.26. The first-order valence-corrected chi connectivity index (χ1v) is 8.29. The predicted molar refractivity (Wildman–Crippen MR) is 83.6 cm³/mol. The summed E-state index contributed by atoms with van der Waals surface area (Å²) in [7, 11) is 0. The molecule has 3 heteroatoms. The highest BCUT2D eigenvalue weighted by atomic mass is 127. The first kappa shape index (κ1) is 13.8. The van der Waals surface area contributed by atoms with Gasteiger partial charge in [0.05, 0.1) is 12.7 Å². The zero-order valence-electron chi connectivity index (χ0n) is 9.87. The van der Waals surface area contributed by atoms with E-state index >= 15 is 0 Å². The van der Waals surface area contributed by atoms with Crippen molar-refractivity contribution in [2.24, 2.45) is 0 Å². The SMILES string of the molecule is Brc1cccc(COC2CCCCCC2I)c1. The summed E-state index contributed by atoms with van der Waals surface area (Å²) in [6.45, 7) is 0.740. The molecule has 0 bridgehead atoms. The maximum atomic E-state index is 6.09. The predicted octanol–water partition coefficient (Wildman–Crippen LogP) is 5.10. The van der Waals surface area contributed by atoms with Crippen LogP contribution in [0.2, 0.25) is 0 Å². The van der Waals surface area contributed by atoms with Crippen molar-refractivity contribution < 1.29 is 4.74 Å². The Bertz CT molecular complexity index is 356. The Kier molecular flexibility index (Phi) is 5.77. The second kappa shape index (κ2) is 7.10. The number of hydrogen-bond acceptors (Lipinski definition) is 1. The van der Waals surface area contributed by atoms with Gasteiger partial charge in [0, 0.05) is 8.40 Å². The van der Waals surface area contributed by atoms with Gasteiger partial charge in [-0.1, -0.05) is 69.9 Å². The van der Waals surface area contributed by atoms with Gasteiger partial charge in [-0.15, -0.1) is 0 Å². The molecule has 1 aromatic carbocycles. The number of benzene rings is 1. The fraction of sp³-hybridized carbons (Fsp3) is 0.571. The summed E-state index contributed by atoms with van der Waals surface area (Å²) in [6, 6.07) is 8.39. The van der Waals surface area contributed by atoms with Gasteiger partial charge in [0.1, 0.15) is 0 Å². The molecular formula is C14H18BrIO. The van der Waals surface area contributed by atoms with E-state index in [2.05, 4.69) is 62.8 Å². The third-order valence-corrected chi connectivity index (χ3v) is 5.14. The van der Waals surface area contributed by atoms with Crippen LogP contribution in [0.3, 0.4) is 0 Å².